The van der Waals surface area contributed by atoms with Crippen molar-refractivity contribution in [3.05, 3.63) is 242 Å². The number of benzene rings is 8. The van der Waals surface area contributed by atoms with Crippen molar-refractivity contribution in [1.82, 2.24) is 9.13 Å². The van der Waals surface area contributed by atoms with Crippen LogP contribution in [0.1, 0.15) is 18.0 Å². The van der Waals surface area contributed by atoms with Crippen LogP contribution < -0.4 is 0 Å². The number of fused-ring (bicyclic) bond motifs is 2. The SMILES string of the molecule is C1=CCC(c2ccc(-c3ccccc3)n2-c2ccc3c(-c4ccccc4)c4cc(-n5c(-c6ccccc6)ccc5-c5ccccc5)ccc4c(-c4ccccc4)c3c2)C=C1. The summed E-state index contributed by atoms with van der Waals surface area (Å²) in [5.41, 5.74) is 15.5. The molecule has 1 aliphatic carbocycles. The van der Waals surface area contributed by atoms with Gasteiger partial charge in [0.25, 0.3) is 0 Å². The van der Waals surface area contributed by atoms with Crippen LogP contribution in [0.3, 0.4) is 0 Å². The highest BCUT2D eigenvalue weighted by molar-refractivity contribution is 6.22. The number of hydrogen-bond donors (Lipinski definition) is 0. The largest absolute Gasteiger partial charge is 0.313 e. The van der Waals surface area contributed by atoms with E-state index >= 15 is 0 Å². The first-order chi connectivity index (χ1) is 29.8. The molecule has 0 amide bonds. The van der Waals surface area contributed by atoms with Crippen molar-refractivity contribution < 1.29 is 0 Å². The van der Waals surface area contributed by atoms with Crippen molar-refractivity contribution in [3.63, 3.8) is 0 Å². The lowest BCUT2D eigenvalue weighted by atomic mass is 9.85. The van der Waals surface area contributed by atoms with Gasteiger partial charge in [0.2, 0.25) is 0 Å². The van der Waals surface area contributed by atoms with Crippen molar-refractivity contribution >= 4 is 21.5 Å². The van der Waals surface area contributed by atoms with Crippen LogP contribution in [-0.4, -0.2) is 9.13 Å². The number of nitrogens with zero attached hydrogens (tertiary/aromatic N) is 2. The van der Waals surface area contributed by atoms with E-state index in [1.165, 1.54) is 71.9 Å². The average Bonchev–Trinajstić information content (AvgIpc) is 3.98. The second-order valence-electron chi connectivity index (χ2n) is 15.6. The third kappa shape index (κ3) is 6.22. The lowest BCUT2D eigenvalue weighted by molar-refractivity contribution is 0.786. The molecule has 1 unspecified atom stereocenters. The van der Waals surface area contributed by atoms with E-state index in [0.29, 0.717) is 0 Å². The van der Waals surface area contributed by atoms with Gasteiger partial charge in [0.05, 0.1) is 17.1 Å². The van der Waals surface area contributed by atoms with Crippen molar-refractivity contribution in [1.29, 1.82) is 0 Å². The van der Waals surface area contributed by atoms with Crippen LogP contribution in [0.5, 0.6) is 0 Å². The zero-order valence-electron chi connectivity index (χ0n) is 33.2. The van der Waals surface area contributed by atoms with Gasteiger partial charge in [0.1, 0.15) is 0 Å². The molecule has 0 saturated carbocycles. The van der Waals surface area contributed by atoms with Crippen LogP contribution in [0.4, 0.5) is 0 Å². The molecule has 60 heavy (non-hydrogen) atoms. The molecule has 284 valence electrons. The van der Waals surface area contributed by atoms with Crippen molar-refractivity contribution in [2.24, 2.45) is 0 Å². The normalized spacial score (nSPS) is 13.6. The molecule has 0 aliphatic heterocycles. The predicted octanol–water partition coefficient (Wildman–Crippen LogP) is 15.5. The average molecular weight is 767 g/mol. The predicted molar refractivity (Wildman–Crippen MR) is 253 cm³/mol. The smallest absolute Gasteiger partial charge is 0.0535 e. The molecule has 11 rings (SSSR count). The maximum Gasteiger partial charge on any atom is 0.0535 e. The highest BCUT2D eigenvalue weighted by atomic mass is 15.0. The fraction of sp³-hybridized carbons (Fsp3) is 0.0345. The Hall–Kier alpha value is -7.68. The van der Waals surface area contributed by atoms with E-state index in [4.69, 9.17) is 0 Å². The summed E-state index contributed by atoms with van der Waals surface area (Å²) in [7, 11) is 0. The second kappa shape index (κ2) is 15.2. The number of rotatable bonds is 8. The number of aromatic nitrogens is 2. The van der Waals surface area contributed by atoms with Gasteiger partial charge in [-0.3, -0.25) is 0 Å². The molecule has 2 nitrogen and oxygen atoms in total. The van der Waals surface area contributed by atoms with Crippen molar-refractivity contribution in [2.75, 3.05) is 0 Å². The van der Waals surface area contributed by atoms with Crippen LogP contribution in [0, 0.1) is 0 Å². The van der Waals surface area contributed by atoms with Crippen LogP contribution in [-0.2, 0) is 0 Å². The van der Waals surface area contributed by atoms with Crippen LogP contribution in [0.2, 0.25) is 0 Å². The highest BCUT2D eigenvalue weighted by Gasteiger charge is 2.23. The molecule has 2 aromatic heterocycles. The molecule has 1 aliphatic rings. The Kier molecular flexibility index (Phi) is 9.02. The zero-order chi connectivity index (χ0) is 39.8. The maximum atomic E-state index is 2.50. The Morgan fingerprint density at radius 3 is 1.17 bits per heavy atom. The Morgan fingerprint density at radius 1 is 0.333 bits per heavy atom. The Balaban J connectivity index is 1.22. The quantitative estimate of drug-likeness (QED) is 0.136. The topological polar surface area (TPSA) is 9.86 Å². The summed E-state index contributed by atoms with van der Waals surface area (Å²) in [6.07, 6.45) is 9.94. The van der Waals surface area contributed by atoms with E-state index in [0.717, 1.165) is 29.2 Å². The Bertz CT molecular complexity index is 3130. The third-order valence-electron chi connectivity index (χ3n) is 12.1. The molecule has 1 atom stereocenters. The maximum absolute atomic E-state index is 2.50. The van der Waals surface area contributed by atoms with Gasteiger partial charge >= 0.3 is 0 Å². The summed E-state index contributed by atoms with van der Waals surface area (Å²) >= 11 is 0. The molecule has 8 aromatic carbocycles. The number of allylic oxidation sites excluding steroid dienone is 4. The van der Waals surface area contributed by atoms with Crippen LogP contribution >= 0.6 is 0 Å². The van der Waals surface area contributed by atoms with Gasteiger partial charge in [0.15, 0.2) is 0 Å². The molecule has 0 spiro atoms. The summed E-state index contributed by atoms with van der Waals surface area (Å²) in [5.74, 6) is 0.280. The van der Waals surface area contributed by atoms with Gasteiger partial charge in [-0.2, -0.15) is 0 Å². The van der Waals surface area contributed by atoms with E-state index in [1.807, 2.05) is 0 Å². The van der Waals surface area contributed by atoms with E-state index in [1.54, 1.807) is 0 Å². The first kappa shape index (κ1) is 35.5. The molecule has 2 heterocycles. The summed E-state index contributed by atoms with van der Waals surface area (Å²) in [5, 5.41) is 4.89. The lowest BCUT2D eigenvalue weighted by Gasteiger charge is -2.23. The minimum absolute atomic E-state index is 0.280. The van der Waals surface area contributed by atoms with E-state index in [9.17, 15) is 0 Å². The van der Waals surface area contributed by atoms with Gasteiger partial charge in [0, 0.05) is 23.0 Å². The van der Waals surface area contributed by atoms with Gasteiger partial charge in [-0.1, -0.05) is 188 Å². The summed E-state index contributed by atoms with van der Waals surface area (Å²) in [6, 6.07) is 77.6. The lowest BCUT2D eigenvalue weighted by Crippen LogP contribution is -2.07. The fourth-order valence-electron chi connectivity index (χ4n) is 9.36. The summed E-state index contributed by atoms with van der Waals surface area (Å²) in [4.78, 5) is 0. The molecule has 0 radical (unpaired) electrons. The molecule has 0 fully saturated rings. The second-order valence-corrected chi connectivity index (χ2v) is 15.6. The van der Waals surface area contributed by atoms with E-state index in [2.05, 4.69) is 246 Å². The molecular weight excluding hydrogens is 725 g/mol. The van der Waals surface area contributed by atoms with E-state index in [-0.39, 0.29) is 5.92 Å². The van der Waals surface area contributed by atoms with Crippen LogP contribution in [0.25, 0.3) is 88.9 Å². The van der Waals surface area contributed by atoms with Crippen LogP contribution in [0.15, 0.2) is 237 Å². The third-order valence-corrected chi connectivity index (χ3v) is 12.1. The fourth-order valence-corrected chi connectivity index (χ4v) is 9.36. The van der Waals surface area contributed by atoms with Gasteiger partial charge in [-0.15, -0.1) is 0 Å². The van der Waals surface area contributed by atoms with Gasteiger partial charge in [-0.25, -0.2) is 0 Å². The number of hydrogen-bond acceptors (Lipinski definition) is 0. The standard InChI is InChI=1S/C58H42N2/c1-7-19-41(20-8-1)53-35-36-54(42-21-9-2-10-22-42)59(53)47-31-33-49-51(39-47)57(45-27-15-5-16-28-45)50-34-32-48(40-52(50)58(49)46-29-17-6-18-30-46)60-55(43-23-11-3-12-24-43)37-38-56(60)44-25-13-4-14-26-44/h1-25,27-40,44H,26H2. The molecule has 10 aromatic rings. The molecule has 0 bridgehead atoms. The molecule has 0 saturated heterocycles. The first-order valence-electron chi connectivity index (χ1n) is 20.9. The molecule has 2 heteroatoms. The Labute approximate surface area is 351 Å². The molecular formula is C58H42N2. The zero-order valence-corrected chi connectivity index (χ0v) is 33.2. The van der Waals surface area contributed by atoms with Gasteiger partial charge in [-0.05, 0) is 115 Å². The van der Waals surface area contributed by atoms with Crippen molar-refractivity contribution in [3.8, 4) is 67.4 Å². The first-order valence-corrected chi connectivity index (χ1v) is 20.9. The van der Waals surface area contributed by atoms with Crippen molar-refractivity contribution in [2.45, 2.75) is 12.3 Å². The highest BCUT2D eigenvalue weighted by Crippen LogP contribution is 2.46. The Morgan fingerprint density at radius 2 is 0.733 bits per heavy atom. The minimum atomic E-state index is 0.280. The summed E-state index contributed by atoms with van der Waals surface area (Å²) < 4.78 is 4.93. The summed E-state index contributed by atoms with van der Waals surface area (Å²) in [6.45, 7) is 0. The minimum Gasteiger partial charge on any atom is -0.313 e. The van der Waals surface area contributed by atoms with Gasteiger partial charge < -0.3 is 9.13 Å². The monoisotopic (exact) mass is 766 g/mol. The molecule has 0 N–H and O–H groups in total. The van der Waals surface area contributed by atoms with E-state index < -0.39 is 0 Å².